The summed E-state index contributed by atoms with van der Waals surface area (Å²) in [4.78, 5) is 10.7. The fourth-order valence-electron chi connectivity index (χ4n) is 6.18. The zero-order chi connectivity index (χ0) is 33.2. The molecule has 266 valence electrons. The third kappa shape index (κ3) is 19.0. The molecule has 0 aliphatic heterocycles. The summed E-state index contributed by atoms with van der Waals surface area (Å²) in [5.41, 5.74) is 9.78. The third-order valence-electron chi connectivity index (χ3n) is 9.28. The van der Waals surface area contributed by atoms with Gasteiger partial charge >= 0.3 is 0 Å². The molecule has 0 atom stereocenters. The molecular weight excluding hydrogens is 615 g/mol. The summed E-state index contributed by atoms with van der Waals surface area (Å²) in [6.07, 6.45) is 32.6. The molecule has 47 heavy (non-hydrogen) atoms. The van der Waals surface area contributed by atoms with Crippen molar-refractivity contribution in [3.8, 4) is 0 Å². The quantitative estimate of drug-likeness (QED) is 0.0535. The first-order valence-corrected chi connectivity index (χ1v) is 19.6. The molecule has 2 rings (SSSR count). The minimum Gasteiger partial charge on any atom is -0.251 e. The molecule has 0 heterocycles. The number of unbranched alkanes of at least 4 members (excludes halogenated alkanes) is 15. The van der Waals surface area contributed by atoms with Gasteiger partial charge in [-0.3, -0.25) is 4.99 Å². The second-order valence-electron chi connectivity index (χ2n) is 13.4. The fraction of sp³-hybridized carbons (Fsp3) is 0.636. The summed E-state index contributed by atoms with van der Waals surface area (Å²) in [5.74, 6) is 0. The summed E-state index contributed by atoms with van der Waals surface area (Å²) < 4.78 is 0. The van der Waals surface area contributed by atoms with Crippen molar-refractivity contribution in [2.45, 2.75) is 183 Å². The summed E-state index contributed by atoms with van der Waals surface area (Å²) in [7, 11) is 0. The molecule has 2 nitrogen and oxygen atoms in total. The average molecular weight is 686 g/mol. The minimum absolute atomic E-state index is 0. The van der Waals surface area contributed by atoms with Gasteiger partial charge in [0, 0.05) is 16.5 Å². The molecule has 2 aromatic carbocycles. The van der Waals surface area contributed by atoms with Crippen LogP contribution in [-0.4, -0.2) is 11.4 Å². The van der Waals surface area contributed by atoms with Crippen molar-refractivity contribution in [2.75, 3.05) is 0 Å². The summed E-state index contributed by atoms with van der Waals surface area (Å²) in [5, 5.41) is 0. The van der Waals surface area contributed by atoms with Crippen LogP contribution in [0, 0.1) is 0 Å². The topological polar surface area (TPSA) is 24.7 Å². The number of allylic oxidation sites excluding steroid dienone is 2. The van der Waals surface area contributed by atoms with E-state index in [2.05, 4.69) is 90.1 Å². The molecule has 0 bridgehead atoms. The van der Waals surface area contributed by atoms with E-state index in [1.54, 1.807) is 0 Å². The number of rotatable bonds is 26. The maximum absolute atomic E-state index is 5.35. The van der Waals surface area contributed by atoms with E-state index < -0.39 is 0 Å². The van der Waals surface area contributed by atoms with Crippen LogP contribution in [0.3, 0.4) is 0 Å². The smallest absolute Gasteiger partial charge is 0.0848 e. The van der Waals surface area contributed by atoms with Gasteiger partial charge in [-0.25, -0.2) is 4.99 Å². The van der Waals surface area contributed by atoms with Crippen LogP contribution >= 0.6 is 0 Å². The van der Waals surface area contributed by atoms with Gasteiger partial charge in [-0.05, 0) is 104 Å². The Kier molecular flexibility index (Phi) is 25.6. The van der Waals surface area contributed by atoms with Crippen LogP contribution in [0.5, 0.6) is 0 Å². The van der Waals surface area contributed by atoms with E-state index in [0.717, 1.165) is 67.7 Å². The van der Waals surface area contributed by atoms with E-state index in [1.807, 2.05) is 0 Å². The first-order valence-electron chi connectivity index (χ1n) is 19.6. The number of aryl methyl sites for hydroxylation is 4. The van der Waals surface area contributed by atoms with Crippen LogP contribution in [0.1, 0.15) is 179 Å². The molecule has 0 fully saturated rings. The standard InChI is InChI=1S/C44H70N2.Ni/c1-7-13-15-16-17-18-19-20-21-22-23-24-25-26-28-30-44(46-42-35-39(11-5)32-40(12-6)36-42)43(29-27-14-8-2)45-41-33-37(9-3)31-38(10-4)34-41;/h28,30-36H,7-27,29H2,1-6H3;. The molecule has 0 aliphatic rings. The zero-order valence-electron chi connectivity index (χ0n) is 31.4. The average Bonchev–Trinajstić information content (AvgIpc) is 3.08. The van der Waals surface area contributed by atoms with Crippen molar-refractivity contribution < 1.29 is 16.5 Å². The Hall–Kier alpha value is -1.99. The predicted molar refractivity (Wildman–Crippen MR) is 208 cm³/mol. The van der Waals surface area contributed by atoms with Crippen LogP contribution in [0.4, 0.5) is 11.4 Å². The van der Waals surface area contributed by atoms with Crippen LogP contribution in [-0.2, 0) is 42.2 Å². The van der Waals surface area contributed by atoms with Gasteiger partial charge in [0.05, 0.1) is 22.8 Å². The van der Waals surface area contributed by atoms with Crippen molar-refractivity contribution >= 4 is 22.8 Å². The zero-order valence-corrected chi connectivity index (χ0v) is 32.4. The Bertz CT molecular complexity index is 1130. The second kappa shape index (κ2) is 27.9. The van der Waals surface area contributed by atoms with Gasteiger partial charge in [-0.2, -0.15) is 0 Å². The molecule has 3 heteroatoms. The summed E-state index contributed by atoms with van der Waals surface area (Å²) in [6, 6.07) is 13.8. The van der Waals surface area contributed by atoms with Gasteiger partial charge in [-0.15, -0.1) is 0 Å². The second-order valence-corrected chi connectivity index (χ2v) is 13.4. The van der Waals surface area contributed by atoms with Crippen LogP contribution in [0.2, 0.25) is 0 Å². The molecule has 0 spiro atoms. The van der Waals surface area contributed by atoms with E-state index in [4.69, 9.17) is 9.98 Å². The Labute approximate surface area is 301 Å². The largest absolute Gasteiger partial charge is 0.251 e. The number of hydrogen-bond donors (Lipinski definition) is 0. The number of aliphatic imine (C=N–C) groups is 2. The Morgan fingerprint density at radius 3 is 1.28 bits per heavy atom. The third-order valence-corrected chi connectivity index (χ3v) is 9.28. The Morgan fingerprint density at radius 2 is 0.851 bits per heavy atom. The molecule has 0 aromatic heterocycles. The predicted octanol–water partition coefficient (Wildman–Crippen LogP) is 14.4. The van der Waals surface area contributed by atoms with Crippen LogP contribution < -0.4 is 0 Å². The van der Waals surface area contributed by atoms with Gasteiger partial charge in [-0.1, -0.05) is 150 Å². The minimum atomic E-state index is 0. The maximum Gasteiger partial charge on any atom is 0.0848 e. The maximum atomic E-state index is 5.35. The SMILES string of the molecule is CCCCCCCCCCCCCCCC=CC(=Nc1cc(CC)cc(CC)c1)C(CCCCC)=Nc1cc(CC)cc(CC)c1.[Ni]. The van der Waals surface area contributed by atoms with Crippen molar-refractivity contribution in [3.05, 3.63) is 70.8 Å². The molecule has 0 amide bonds. The van der Waals surface area contributed by atoms with E-state index >= 15 is 0 Å². The Balaban J connectivity index is 0.0000110. The van der Waals surface area contributed by atoms with Gasteiger partial charge < -0.3 is 0 Å². The molecule has 2 aromatic rings. The number of hydrogen-bond acceptors (Lipinski definition) is 2. The number of nitrogens with zero attached hydrogens (tertiary/aromatic N) is 2. The molecular formula is C44H70N2Ni. The van der Waals surface area contributed by atoms with Crippen molar-refractivity contribution in [3.63, 3.8) is 0 Å². The first-order chi connectivity index (χ1) is 22.6. The molecule has 0 unspecified atom stereocenters. The molecule has 0 saturated heterocycles. The monoisotopic (exact) mass is 684 g/mol. The molecule has 0 aliphatic carbocycles. The van der Waals surface area contributed by atoms with E-state index in [9.17, 15) is 0 Å². The normalized spacial score (nSPS) is 12.2. The fourth-order valence-corrected chi connectivity index (χ4v) is 6.18. The van der Waals surface area contributed by atoms with Gasteiger partial charge in [0.2, 0.25) is 0 Å². The van der Waals surface area contributed by atoms with Crippen molar-refractivity contribution in [1.29, 1.82) is 0 Å². The van der Waals surface area contributed by atoms with Crippen molar-refractivity contribution in [1.82, 2.24) is 0 Å². The first kappa shape index (κ1) is 43.0. The summed E-state index contributed by atoms with van der Waals surface area (Å²) >= 11 is 0. The molecule has 0 saturated carbocycles. The van der Waals surface area contributed by atoms with Gasteiger partial charge in [0.15, 0.2) is 0 Å². The van der Waals surface area contributed by atoms with Crippen LogP contribution in [0.25, 0.3) is 0 Å². The number of benzene rings is 2. The van der Waals surface area contributed by atoms with E-state index in [0.29, 0.717) is 0 Å². The van der Waals surface area contributed by atoms with Gasteiger partial charge in [0.1, 0.15) is 0 Å². The summed E-state index contributed by atoms with van der Waals surface area (Å²) in [6.45, 7) is 13.5. The molecule has 0 N–H and O–H groups in total. The van der Waals surface area contributed by atoms with E-state index in [-0.39, 0.29) is 16.5 Å². The molecule has 0 radical (unpaired) electrons. The van der Waals surface area contributed by atoms with Crippen molar-refractivity contribution in [2.24, 2.45) is 9.98 Å². The van der Waals surface area contributed by atoms with Gasteiger partial charge in [0.25, 0.3) is 0 Å². The van der Waals surface area contributed by atoms with E-state index in [1.165, 1.54) is 119 Å². The Morgan fingerprint density at radius 1 is 0.468 bits per heavy atom. The van der Waals surface area contributed by atoms with Crippen LogP contribution in [0.15, 0.2) is 58.5 Å².